The first-order chi connectivity index (χ1) is 22.4. The smallest absolute Gasteiger partial charge is 0.333 e. The van der Waals surface area contributed by atoms with Crippen LogP contribution in [0.25, 0.3) is 5.53 Å². The van der Waals surface area contributed by atoms with Crippen molar-refractivity contribution in [3.63, 3.8) is 0 Å². The Balaban J connectivity index is 3.59. The van der Waals surface area contributed by atoms with Crippen LogP contribution < -0.4 is 0 Å². The molecule has 2 aliphatic carbocycles. The van der Waals surface area contributed by atoms with E-state index in [4.69, 9.17) is 0 Å². The lowest BCUT2D eigenvalue weighted by Crippen LogP contribution is -2.75. The summed E-state index contributed by atoms with van der Waals surface area (Å²) in [5.74, 6) is -26.9. The number of carboxylic acids is 8. The van der Waals surface area contributed by atoms with Crippen LogP contribution in [0.15, 0.2) is 22.8 Å². The van der Waals surface area contributed by atoms with E-state index in [1.165, 1.54) is 0 Å². The average Bonchev–Trinajstić information content (AvgIpc) is 3.04. The summed E-state index contributed by atoms with van der Waals surface area (Å²) >= 11 is 0. The van der Waals surface area contributed by atoms with Gasteiger partial charge < -0.3 is 46.4 Å². The summed E-state index contributed by atoms with van der Waals surface area (Å²) in [5.41, 5.74) is -8.51. The van der Waals surface area contributed by atoms with Crippen LogP contribution in [-0.2, 0) is 38.4 Å². The minimum Gasteiger partial charge on any atom is -0.481 e. The van der Waals surface area contributed by atoms with Gasteiger partial charge in [-0.05, 0) is 49.7 Å². The summed E-state index contributed by atoms with van der Waals surface area (Å²) in [5, 5.41) is 84.3. The molecule has 2 aliphatic rings. The van der Waals surface area contributed by atoms with Gasteiger partial charge in [-0.3, -0.25) is 33.6 Å². The van der Waals surface area contributed by atoms with Crippen molar-refractivity contribution in [1.82, 2.24) is 0 Å². The van der Waals surface area contributed by atoms with Crippen molar-refractivity contribution in [3.05, 3.63) is 28.3 Å². The zero-order valence-electron chi connectivity index (χ0n) is 25.6. The number of hydrogen-bond acceptors (Lipinski definition) is 8. The van der Waals surface area contributed by atoms with Crippen LogP contribution in [-0.4, -0.2) is 99.1 Å². The first-order valence-electron chi connectivity index (χ1n) is 15.0. The fourth-order valence-corrected chi connectivity index (χ4v) is 7.14. The number of carboxylic acid groups (broad SMARTS) is 8. The molecule has 0 saturated carbocycles. The molecule has 0 aromatic rings. The predicted molar refractivity (Wildman–Crippen MR) is 156 cm³/mol. The van der Waals surface area contributed by atoms with Gasteiger partial charge in [-0.1, -0.05) is 38.5 Å². The van der Waals surface area contributed by atoms with E-state index in [0.29, 0.717) is 25.7 Å². The molecule has 0 aromatic carbocycles. The molecule has 0 bridgehead atoms. The van der Waals surface area contributed by atoms with E-state index >= 15 is 0 Å². The fourth-order valence-electron chi connectivity index (χ4n) is 7.14. The molecule has 0 amide bonds. The second-order valence-electron chi connectivity index (χ2n) is 11.7. The van der Waals surface area contributed by atoms with Crippen molar-refractivity contribution in [2.24, 2.45) is 22.2 Å². The second-order valence-corrected chi connectivity index (χ2v) is 11.7. The summed E-state index contributed by atoms with van der Waals surface area (Å²) in [6.07, 6.45) is 1.98. The SMILES string of the molecule is [N-]=[N+]=C1C=C(C2=C(C(=O)O)C(C(=O)O)(C(=O)O)C(C(=O)O)(C(=O)O)C(C(=O)O)(C(=O)O)C(C(=O)O)CCCCC2)CCCCCCCC1. The van der Waals surface area contributed by atoms with E-state index in [1.54, 1.807) is 0 Å². The van der Waals surface area contributed by atoms with Gasteiger partial charge in [-0.15, -0.1) is 0 Å². The molecule has 262 valence electrons. The van der Waals surface area contributed by atoms with Gasteiger partial charge in [-0.25, -0.2) is 4.79 Å². The highest BCUT2D eigenvalue weighted by Gasteiger charge is 2.88. The molecule has 18 nitrogen and oxygen atoms in total. The zero-order chi connectivity index (χ0) is 36.6. The van der Waals surface area contributed by atoms with Crippen molar-refractivity contribution < 1.29 is 84.0 Å². The van der Waals surface area contributed by atoms with Gasteiger partial charge in [0.2, 0.25) is 16.2 Å². The molecule has 1 unspecified atom stereocenters. The molecule has 0 aliphatic heterocycles. The molecule has 2 rings (SSSR count). The normalized spacial score (nSPS) is 21.9. The molecule has 1 atom stereocenters. The van der Waals surface area contributed by atoms with Crippen molar-refractivity contribution in [3.8, 4) is 0 Å². The highest BCUT2D eigenvalue weighted by Crippen LogP contribution is 2.62. The number of nitrogens with zero attached hydrogens (tertiary/aromatic N) is 2. The van der Waals surface area contributed by atoms with Crippen LogP contribution in [0.1, 0.15) is 83.5 Å². The Bertz CT molecular complexity index is 1470. The van der Waals surface area contributed by atoms with E-state index in [1.807, 2.05) is 0 Å². The van der Waals surface area contributed by atoms with Gasteiger partial charge in [0.1, 0.15) is 0 Å². The lowest BCUT2D eigenvalue weighted by molar-refractivity contribution is -0.222. The maximum atomic E-state index is 13.4. The monoisotopic (exact) mass is 680 g/mol. The van der Waals surface area contributed by atoms with Gasteiger partial charge in [0.25, 0.3) is 5.71 Å². The van der Waals surface area contributed by atoms with Crippen molar-refractivity contribution in [2.45, 2.75) is 83.5 Å². The second kappa shape index (κ2) is 15.5. The molecular weight excluding hydrogens is 644 g/mol. The number of hydrogen-bond donors (Lipinski definition) is 8. The van der Waals surface area contributed by atoms with E-state index < -0.39 is 100 Å². The molecule has 0 fully saturated rings. The molecular formula is C30H36N2O16. The largest absolute Gasteiger partial charge is 0.481 e. The number of aliphatic carboxylic acids is 8. The van der Waals surface area contributed by atoms with E-state index in [9.17, 15) is 84.7 Å². The Kier molecular flexibility index (Phi) is 12.5. The Morgan fingerprint density at radius 1 is 0.604 bits per heavy atom. The molecule has 0 aromatic heterocycles. The van der Waals surface area contributed by atoms with E-state index in [-0.39, 0.29) is 43.4 Å². The third kappa shape index (κ3) is 6.17. The minimum atomic E-state index is -5.29. The highest BCUT2D eigenvalue weighted by molar-refractivity contribution is 6.25. The molecule has 48 heavy (non-hydrogen) atoms. The Morgan fingerprint density at radius 3 is 1.48 bits per heavy atom. The van der Waals surface area contributed by atoms with Crippen LogP contribution in [0.3, 0.4) is 0 Å². The summed E-state index contributed by atoms with van der Waals surface area (Å²) in [7, 11) is 0. The van der Waals surface area contributed by atoms with Gasteiger partial charge in [0.05, 0.1) is 11.5 Å². The van der Waals surface area contributed by atoms with Crippen LogP contribution in [0.4, 0.5) is 0 Å². The summed E-state index contributed by atoms with van der Waals surface area (Å²) < 4.78 is 0. The van der Waals surface area contributed by atoms with Crippen molar-refractivity contribution in [2.75, 3.05) is 0 Å². The lowest BCUT2D eigenvalue weighted by Gasteiger charge is -2.49. The standard InChI is InChI=1S/C30H36N2O16/c31-32-16-11-7-4-2-1-3-6-10-15(14-16)17-12-8-5-9-13-18(20(33)34)28(22(37)38,23(39)40)30(26(45)46,27(47)48)29(24(41)42,25(43)44)19(17)21(35)36/h14,18H,1-13H2,(H,33,34)(H,35,36)(H,37,38)(H,39,40)(H,41,42)(H,43,44)(H,45,46)(H,47,48). The van der Waals surface area contributed by atoms with Gasteiger partial charge in [0.15, 0.2) is 0 Å². The Hall–Kier alpha value is -5.38. The zero-order valence-corrected chi connectivity index (χ0v) is 25.6. The van der Waals surface area contributed by atoms with Gasteiger partial charge >= 0.3 is 47.8 Å². The third-order valence-electron chi connectivity index (χ3n) is 9.23. The molecule has 18 heteroatoms. The highest BCUT2D eigenvalue weighted by atomic mass is 16.4. The number of carbonyl (C=O) groups is 8. The Morgan fingerprint density at radius 2 is 1.06 bits per heavy atom. The minimum absolute atomic E-state index is 0.0891. The van der Waals surface area contributed by atoms with Crippen LogP contribution in [0.5, 0.6) is 0 Å². The first kappa shape index (κ1) is 38.8. The lowest BCUT2D eigenvalue weighted by atomic mass is 9.43. The number of rotatable bonds is 9. The van der Waals surface area contributed by atoms with Crippen molar-refractivity contribution >= 4 is 53.5 Å². The summed E-state index contributed by atoms with van der Waals surface area (Å²) in [4.78, 5) is 109. The van der Waals surface area contributed by atoms with Crippen LogP contribution in [0, 0.1) is 22.2 Å². The van der Waals surface area contributed by atoms with Crippen LogP contribution >= 0.6 is 0 Å². The van der Waals surface area contributed by atoms with Crippen molar-refractivity contribution in [1.29, 1.82) is 0 Å². The van der Waals surface area contributed by atoms with Gasteiger partial charge in [-0.2, -0.15) is 4.79 Å². The summed E-state index contributed by atoms with van der Waals surface area (Å²) in [6.45, 7) is 0. The van der Waals surface area contributed by atoms with Crippen LogP contribution in [0.2, 0.25) is 0 Å². The average molecular weight is 681 g/mol. The maximum Gasteiger partial charge on any atom is 0.333 e. The quantitative estimate of drug-likeness (QED) is 0.0982. The fraction of sp³-hybridized carbons (Fsp3) is 0.567. The Labute approximate surface area is 271 Å². The molecule has 8 N–H and O–H groups in total. The molecule has 0 heterocycles. The third-order valence-corrected chi connectivity index (χ3v) is 9.23. The van der Waals surface area contributed by atoms with Gasteiger partial charge in [0, 0.05) is 12.5 Å². The topological polar surface area (TPSA) is 335 Å². The van der Waals surface area contributed by atoms with E-state index in [2.05, 4.69) is 4.79 Å². The van der Waals surface area contributed by atoms with E-state index in [0.717, 1.165) is 12.5 Å². The first-order valence-corrected chi connectivity index (χ1v) is 15.0. The number of allylic oxidation sites excluding steroid dienone is 3. The molecule has 0 radical (unpaired) electrons. The predicted octanol–water partition coefficient (Wildman–Crippen LogP) is 2.23. The summed E-state index contributed by atoms with van der Waals surface area (Å²) in [6, 6.07) is 0. The molecule has 0 spiro atoms. The molecule has 0 saturated heterocycles. The maximum absolute atomic E-state index is 13.4.